The van der Waals surface area contributed by atoms with E-state index in [-0.39, 0.29) is 12.4 Å². The molecule has 0 atom stereocenters. The number of carbonyl (C=O) groups is 1. The summed E-state index contributed by atoms with van der Waals surface area (Å²) in [4.78, 5) is 11.3. The van der Waals surface area contributed by atoms with Gasteiger partial charge in [-0.1, -0.05) is 23.8 Å². The van der Waals surface area contributed by atoms with E-state index in [0.29, 0.717) is 5.57 Å². The second-order valence-corrected chi connectivity index (χ2v) is 4.81. The molecule has 1 aliphatic heterocycles. The van der Waals surface area contributed by atoms with Gasteiger partial charge in [-0.05, 0) is 36.8 Å². The maximum Gasteiger partial charge on any atom is 0.150 e. The molecule has 0 fully saturated rings. The highest BCUT2D eigenvalue weighted by Crippen LogP contribution is 2.37. The molecule has 2 nitrogen and oxygen atoms in total. The minimum atomic E-state index is -0.293. The van der Waals surface area contributed by atoms with Gasteiger partial charge in [0.15, 0.2) is 0 Å². The van der Waals surface area contributed by atoms with Crippen molar-refractivity contribution in [1.29, 1.82) is 0 Å². The molecule has 2 aromatic carbocycles. The Morgan fingerprint density at radius 2 is 1.90 bits per heavy atom. The van der Waals surface area contributed by atoms with Crippen molar-refractivity contribution in [3.05, 3.63) is 70.5 Å². The molecule has 0 N–H and O–H groups in total. The average molecular weight is 268 g/mol. The Morgan fingerprint density at radius 1 is 1.15 bits per heavy atom. The fourth-order valence-electron chi connectivity index (χ4n) is 2.42. The molecule has 2 aromatic rings. The molecule has 1 aliphatic rings. The summed E-state index contributed by atoms with van der Waals surface area (Å²) in [6.07, 6.45) is 0.809. The van der Waals surface area contributed by atoms with Gasteiger partial charge in [-0.2, -0.15) is 0 Å². The third-order valence-electron chi connectivity index (χ3n) is 3.38. The van der Waals surface area contributed by atoms with Crippen LogP contribution in [0.15, 0.2) is 48.0 Å². The zero-order valence-corrected chi connectivity index (χ0v) is 11.0. The van der Waals surface area contributed by atoms with Crippen molar-refractivity contribution >= 4 is 11.9 Å². The van der Waals surface area contributed by atoms with Crippen LogP contribution in [0.25, 0.3) is 5.57 Å². The lowest BCUT2D eigenvalue weighted by atomic mass is 9.90. The van der Waals surface area contributed by atoms with Gasteiger partial charge in [-0.15, -0.1) is 0 Å². The lowest BCUT2D eigenvalue weighted by molar-refractivity contribution is -0.105. The van der Waals surface area contributed by atoms with E-state index >= 15 is 0 Å². The van der Waals surface area contributed by atoms with Crippen molar-refractivity contribution < 1.29 is 13.9 Å². The van der Waals surface area contributed by atoms with Gasteiger partial charge in [0.05, 0.1) is 0 Å². The number of benzene rings is 2. The second kappa shape index (κ2) is 4.93. The lowest BCUT2D eigenvalue weighted by Gasteiger charge is -2.22. The SMILES string of the molecule is Cc1ccc2c(c1)C(c1ccc(F)cc1)=C(C=O)CO2. The zero-order valence-electron chi connectivity index (χ0n) is 11.0. The minimum absolute atomic E-state index is 0.242. The number of halogens is 1. The molecular weight excluding hydrogens is 255 g/mol. The standard InChI is InChI=1S/C17H13FO2/c1-11-2-7-16-15(8-11)17(13(9-19)10-20-16)12-3-5-14(18)6-4-12/h2-9H,10H2,1H3. The Balaban J connectivity index is 2.23. The molecule has 3 heteroatoms. The monoisotopic (exact) mass is 268 g/mol. The Hall–Kier alpha value is -2.42. The maximum absolute atomic E-state index is 13.1. The van der Waals surface area contributed by atoms with Crippen molar-refractivity contribution in [2.75, 3.05) is 6.61 Å². The van der Waals surface area contributed by atoms with E-state index in [1.54, 1.807) is 12.1 Å². The highest BCUT2D eigenvalue weighted by atomic mass is 19.1. The van der Waals surface area contributed by atoms with Gasteiger partial charge < -0.3 is 4.74 Å². The predicted molar refractivity (Wildman–Crippen MR) is 75.2 cm³/mol. The van der Waals surface area contributed by atoms with Crippen LogP contribution >= 0.6 is 0 Å². The second-order valence-electron chi connectivity index (χ2n) is 4.81. The first-order chi connectivity index (χ1) is 9.69. The highest BCUT2D eigenvalue weighted by molar-refractivity contribution is 5.97. The number of ether oxygens (including phenoxy) is 1. The van der Waals surface area contributed by atoms with Gasteiger partial charge in [0, 0.05) is 16.7 Å². The fraction of sp³-hybridized carbons (Fsp3) is 0.118. The number of hydrogen-bond donors (Lipinski definition) is 0. The quantitative estimate of drug-likeness (QED) is 0.779. The number of carbonyl (C=O) groups excluding carboxylic acids is 1. The predicted octanol–water partition coefficient (Wildman–Crippen LogP) is 3.53. The normalized spacial score (nSPS) is 13.7. The summed E-state index contributed by atoms with van der Waals surface area (Å²) in [5.74, 6) is 0.457. The van der Waals surface area contributed by atoms with Crippen molar-refractivity contribution in [1.82, 2.24) is 0 Å². The Morgan fingerprint density at radius 3 is 2.60 bits per heavy atom. The highest BCUT2D eigenvalue weighted by Gasteiger charge is 2.21. The number of fused-ring (bicyclic) bond motifs is 1. The number of aldehydes is 1. The van der Waals surface area contributed by atoms with Crippen LogP contribution in [0.3, 0.4) is 0 Å². The molecule has 0 spiro atoms. The zero-order chi connectivity index (χ0) is 14.1. The lowest BCUT2D eigenvalue weighted by Crippen LogP contribution is -2.13. The van der Waals surface area contributed by atoms with Crippen LogP contribution in [0.1, 0.15) is 16.7 Å². The molecule has 0 saturated heterocycles. The third kappa shape index (κ3) is 2.11. The van der Waals surface area contributed by atoms with Crippen LogP contribution in [0.2, 0.25) is 0 Å². The first kappa shape index (κ1) is 12.6. The summed E-state index contributed by atoms with van der Waals surface area (Å²) in [5.41, 5.74) is 4.19. The van der Waals surface area contributed by atoms with Crippen LogP contribution in [0.4, 0.5) is 4.39 Å². The van der Waals surface area contributed by atoms with Crippen molar-refractivity contribution in [2.45, 2.75) is 6.92 Å². The van der Waals surface area contributed by atoms with Crippen LogP contribution in [-0.2, 0) is 4.79 Å². The summed E-state index contributed by atoms with van der Waals surface area (Å²) < 4.78 is 18.7. The maximum atomic E-state index is 13.1. The van der Waals surface area contributed by atoms with Crippen LogP contribution in [-0.4, -0.2) is 12.9 Å². The summed E-state index contributed by atoms with van der Waals surface area (Å²) in [6, 6.07) is 12.0. The van der Waals surface area contributed by atoms with E-state index in [0.717, 1.165) is 34.3 Å². The smallest absolute Gasteiger partial charge is 0.150 e. The van der Waals surface area contributed by atoms with E-state index in [1.807, 2.05) is 25.1 Å². The molecule has 0 unspecified atom stereocenters. The van der Waals surface area contributed by atoms with E-state index in [2.05, 4.69) is 0 Å². The molecule has 0 radical (unpaired) electrons. The average Bonchev–Trinajstić information content (AvgIpc) is 2.47. The third-order valence-corrected chi connectivity index (χ3v) is 3.38. The Kier molecular flexibility index (Phi) is 3.11. The summed E-state index contributed by atoms with van der Waals surface area (Å²) in [7, 11) is 0. The van der Waals surface area contributed by atoms with Gasteiger partial charge in [0.2, 0.25) is 0 Å². The van der Waals surface area contributed by atoms with E-state index < -0.39 is 0 Å². The van der Waals surface area contributed by atoms with Crippen LogP contribution < -0.4 is 4.74 Å². The topological polar surface area (TPSA) is 26.3 Å². The molecule has 0 bridgehead atoms. The molecular formula is C17H13FO2. The molecule has 1 heterocycles. The summed E-state index contributed by atoms with van der Waals surface area (Å²) in [5, 5.41) is 0. The van der Waals surface area contributed by atoms with Gasteiger partial charge in [-0.3, -0.25) is 4.79 Å². The van der Waals surface area contributed by atoms with Crippen molar-refractivity contribution in [3.8, 4) is 5.75 Å². The van der Waals surface area contributed by atoms with Gasteiger partial charge in [-0.25, -0.2) is 4.39 Å². The molecule has 0 amide bonds. The first-order valence-electron chi connectivity index (χ1n) is 6.37. The Labute approximate surface area is 116 Å². The minimum Gasteiger partial charge on any atom is -0.488 e. The summed E-state index contributed by atoms with van der Waals surface area (Å²) in [6.45, 7) is 2.23. The fourth-order valence-corrected chi connectivity index (χ4v) is 2.42. The van der Waals surface area contributed by atoms with E-state index in [4.69, 9.17) is 4.74 Å². The number of hydrogen-bond acceptors (Lipinski definition) is 2. The van der Waals surface area contributed by atoms with Crippen molar-refractivity contribution in [2.24, 2.45) is 0 Å². The van der Waals surface area contributed by atoms with Crippen LogP contribution in [0.5, 0.6) is 5.75 Å². The van der Waals surface area contributed by atoms with Crippen LogP contribution in [0, 0.1) is 12.7 Å². The Bertz CT molecular complexity index is 699. The van der Waals surface area contributed by atoms with Gasteiger partial charge in [0.1, 0.15) is 24.5 Å². The molecule has 0 saturated carbocycles. The largest absolute Gasteiger partial charge is 0.488 e. The van der Waals surface area contributed by atoms with Gasteiger partial charge >= 0.3 is 0 Å². The first-order valence-corrected chi connectivity index (χ1v) is 6.37. The van der Waals surface area contributed by atoms with E-state index in [9.17, 15) is 9.18 Å². The molecule has 3 rings (SSSR count). The molecule has 20 heavy (non-hydrogen) atoms. The molecule has 0 aliphatic carbocycles. The van der Waals surface area contributed by atoms with Gasteiger partial charge in [0.25, 0.3) is 0 Å². The molecule has 0 aromatic heterocycles. The van der Waals surface area contributed by atoms with Crippen molar-refractivity contribution in [3.63, 3.8) is 0 Å². The summed E-state index contributed by atoms with van der Waals surface area (Å²) >= 11 is 0. The molecule has 100 valence electrons. The van der Waals surface area contributed by atoms with E-state index in [1.165, 1.54) is 12.1 Å². The number of rotatable bonds is 2. The number of aryl methyl sites for hydroxylation is 1.